The van der Waals surface area contributed by atoms with E-state index in [1.807, 2.05) is 0 Å². The molecule has 2 rings (SSSR count). The lowest BCUT2D eigenvalue weighted by Gasteiger charge is -2.26. The van der Waals surface area contributed by atoms with Gasteiger partial charge >= 0.3 is 0 Å². The van der Waals surface area contributed by atoms with Crippen LogP contribution in [0.5, 0.6) is 0 Å². The van der Waals surface area contributed by atoms with Gasteiger partial charge in [-0.15, -0.1) is 24.0 Å². The minimum atomic E-state index is 0. The summed E-state index contributed by atoms with van der Waals surface area (Å²) in [6.07, 6.45) is 0. The Balaban J connectivity index is 0.00000288. The summed E-state index contributed by atoms with van der Waals surface area (Å²) in [6, 6.07) is 8.80. The van der Waals surface area contributed by atoms with Gasteiger partial charge in [-0.3, -0.25) is 9.89 Å². The number of rotatable bonds is 4. The van der Waals surface area contributed by atoms with E-state index < -0.39 is 0 Å². The Labute approximate surface area is 163 Å². The molecule has 1 aliphatic rings. The zero-order chi connectivity index (χ0) is 16.7. The largest absolute Gasteiger partial charge is 0.379 e. The minimum Gasteiger partial charge on any atom is -0.379 e. The van der Waals surface area contributed by atoms with Crippen LogP contribution in [0.4, 0.5) is 0 Å². The molecular weight excluding hydrogens is 415 g/mol. The van der Waals surface area contributed by atoms with Gasteiger partial charge in [-0.05, 0) is 31.9 Å². The van der Waals surface area contributed by atoms with Gasteiger partial charge in [-0.1, -0.05) is 24.3 Å². The Morgan fingerprint density at radius 1 is 1.12 bits per heavy atom. The highest BCUT2D eigenvalue weighted by molar-refractivity contribution is 14.0. The topological polar surface area (TPSA) is 48.9 Å². The summed E-state index contributed by atoms with van der Waals surface area (Å²) in [4.78, 5) is 6.70. The average Bonchev–Trinajstić information content (AvgIpc) is 2.53. The first-order valence-corrected chi connectivity index (χ1v) is 8.33. The van der Waals surface area contributed by atoms with Gasteiger partial charge in [0.05, 0.1) is 13.2 Å². The van der Waals surface area contributed by atoms with Crippen LogP contribution in [0.3, 0.4) is 0 Å². The number of hydrogen-bond acceptors (Lipinski definition) is 3. The average molecular weight is 446 g/mol. The van der Waals surface area contributed by atoms with Crippen LogP contribution in [0.15, 0.2) is 29.3 Å². The van der Waals surface area contributed by atoms with Crippen molar-refractivity contribution in [3.05, 3.63) is 35.4 Å². The number of ether oxygens (including phenoxy) is 1. The van der Waals surface area contributed by atoms with E-state index in [0.717, 1.165) is 45.4 Å². The number of hydrogen-bond donors (Lipinski definition) is 2. The molecule has 1 aromatic rings. The SMILES string of the molecule is CN=C(NCc1ccc(CN2CCOCC2)cc1)NC(C)(C)C.I. The monoisotopic (exact) mass is 446 g/mol. The molecule has 1 saturated heterocycles. The van der Waals surface area contributed by atoms with Crippen molar-refractivity contribution in [1.82, 2.24) is 15.5 Å². The zero-order valence-corrected chi connectivity index (χ0v) is 17.6. The quantitative estimate of drug-likeness (QED) is 0.424. The van der Waals surface area contributed by atoms with Crippen molar-refractivity contribution in [1.29, 1.82) is 0 Å². The van der Waals surface area contributed by atoms with E-state index in [4.69, 9.17) is 4.74 Å². The summed E-state index contributed by atoms with van der Waals surface area (Å²) in [6.45, 7) is 11.9. The molecule has 1 aliphatic heterocycles. The number of morpholine rings is 1. The van der Waals surface area contributed by atoms with Crippen LogP contribution in [0.25, 0.3) is 0 Å². The summed E-state index contributed by atoms with van der Waals surface area (Å²) in [5.41, 5.74) is 2.62. The van der Waals surface area contributed by atoms with Gasteiger partial charge in [0.15, 0.2) is 5.96 Å². The number of aliphatic imine (C=N–C) groups is 1. The summed E-state index contributed by atoms with van der Waals surface area (Å²) in [5, 5.41) is 6.72. The van der Waals surface area contributed by atoms with Crippen LogP contribution >= 0.6 is 24.0 Å². The van der Waals surface area contributed by atoms with Crippen LogP contribution in [-0.4, -0.2) is 49.7 Å². The fourth-order valence-corrected chi connectivity index (χ4v) is 2.50. The van der Waals surface area contributed by atoms with Crippen LogP contribution in [-0.2, 0) is 17.8 Å². The second-order valence-electron chi connectivity index (χ2n) is 7.01. The summed E-state index contributed by atoms with van der Waals surface area (Å²) >= 11 is 0. The molecule has 0 saturated carbocycles. The highest BCUT2D eigenvalue weighted by Gasteiger charge is 2.12. The van der Waals surface area contributed by atoms with Crippen LogP contribution in [0, 0.1) is 0 Å². The maximum atomic E-state index is 5.39. The molecule has 6 heteroatoms. The fraction of sp³-hybridized carbons (Fsp3) is 0.611. The molecule has 1 heterocycles. The first kappa shape index (κ1) is 21.2. The van der Waals surface area contributed by atoms with Gasteiger partial charge in [0.1, 0.15) is 0 Å². The van der Waals surface area contributed by atoms with Crippen LogP contribution < -0.4 is 10.6 Å². The second kappa shape index (κ2) is 10.2. The highest BCUT2D eigenvalue weighted by Crippen LogP contribution is 2.09. The maximum Gasteiger partial charge on any atom is 0.191 e. The number of nitrogens with zero attached hydrogens (tertiary/aromatic N) is 2. The van der Waals surface area contributed by atoms with Crippen molar-refractivity contribution in [2.45, 2.75) is 39.4 Å². The predicted molar refractivity (Wildman–Crippen MR) is 111 cm³/mol. The Morgan fingerprint density at radius 2 is 1.71 bits per heavy atom. The van der Waals surface area contributed by atoms with Gasteiger partial charge in [-0.25, -0.2) is 0 Å². The third-order valence-electron chi connectivity index (χ3n) is 3.71. The van der Waals surface area contributed by atoms with E-state index in [2.05, 4.69) is 65.6 Å². The first-order valence-electron chi connectivity index (χ1n) is 8.33. The predicted octanol–water partition coefficient (Wildman–Crippen LogP) is 2.60. The molecule has 1 aromatic carbocycles. The Bertz CT molecular complexity index is 505. The normalized spacial score (nSPS) is 16.4. The summed E-state index contributed by atoms with van der Waals surface area (Å²) < 4.78 is 5.39. The van der Waals surface area contributed by atoms with Gasteiger partial charge in [-0.2, -0.15) is 0 Å². The van der Waals surface area contributed by atoms with E-state index >= 15 is 0 Å². The minimum absolute atomic E-state index is 0. The summed E-state index contributed by atoms with van der Waals surface area (Å²) in [5.74, 6) is 0.829. The molecule has 2 N–H and O–H groups in total. The van der Waals surface area contributed by atoms with Gasteiger partial charge in [0.2, 0.25) is 0 Å². The van der Waals surface area contributed by atoms with E-state index in [1.54, 1.807) is 7.05 Å². The standard InChI is InChI=1S/C18H30N4O.HI/c1-18(2,3)21-17(19-4)20-13-15-5-7-16(8-6-15)14-22-9-11-23-12-10-22;/h5-8H,9-14H2,1-4H3,(H2,19,20,21);1H. The van der Waals surface area contributed by atoms with E-state index in [-0.39, 0.29) is 29.5 Å². The molecule has 5 nitrogen and oxygen atoms in total. The molecule has 0 spiro atoms. The number of halogens is 1. The van der Waals surface area contributed by atoms with Crippen molar-refractivity contribution >= 4 is 29.9 Å². The molecule has 1 fully saturated rings. The van der Waals surface area contributed by atoms with Crippen molar-refractivity contribution in [2.75, 3.05) is 33.4 Å². The fourth-order valence-electron chi connectivity index (χ4n) is 2.50. The molecule has 0 unspecified atom stereocenters. The molecule has 0 amide bonds. The molecule has 0 atom stereocenters. The lowest BCUT2D eigenvalue weighted by atomic mass is 10.1. The molecule has 136 valence electrons. The maximum absolute atomic E-state index is 5.39. The van der Waals surface area contributed by atoms with E-state index in [1.165, 1.54) is 11.1 Å². The third-order valence-corrected chi connectivity index (χ3v) is 3.71. The van der Waals surface area contributed by atoms with E-state index in [0.29, 0.717) is 0 Å². The van der Waals surface area contributed by atoms with Crippen molar-refractivity contribution < 1.29 is 4.74 Å². The molecular formula is C18H31IN4O. The molecule has 0 aromatic heterocycles. The second-order valence-corrected chi connectivity index (χ2v) is 7.01. The van der Waals surface area contributed by atoms with Crippen LogP contribution in [0.1, 0.15) is 31.9 Å². The van der Waals surface area contributed by atoms with Gasteiger partial charge < -0.3 is 15.4 Å². The lowest BCUT2D eigenvalue weighted by Crippen LogP contribution is -2.47. The van der Waals surface area contributed by atoms with Crippen molar-refractivity contribution in [2.24, 2.45) is 4.99 Å². The van der Waals surface area contributed by atoms with Gasteiger partial charge in [0, 0.05) is 38.8 Å². The first-order chi connectivity index (χ1) is 11.0. The smallest absolute Gasteiger partial charge is 0.191 e. The summed E-state index contributed by atoms with van der Waals surface area (Å²) in [7, 11) is 1.80. The number of guanidine groups is 1. The number of benzene rings is 1. The van der Waals surface area contributed by atoms with Crippen molar-refractivity contribution in [3.8, 4) is 0 Å². The van der Waals surface area contributed by atoms with E-state index in [9.17, 15) is 0 Å². The zero-order valence-electron chi connectivity index (χ0n) is 15.3. The molecule has 0 aliphatic carbocycles. The van der Waals surface area contributed by atoms with Crippen LogP contribution in [0.2, 0.25) is 0 Å². The third kappa shape index (κ3) is 7.81. The lowest BCUT2D eigenvalue weighted by molar-refractivity contribution is 0.0342. The number of nitrogens with one attached hydrogen (secondary N) is 2. The van der Waals surface area contributed by atoms with Crippen molar-refractivity contribution in [3.63, 3.8) is 0 Å². The van der Waals surface area contributed by atoms with Gasteiger partial charge in [0.25, 0.3) is 0 Å². The molecule has 24 heavy (non-hydrogen) atoms. The molecule has 0 radical (unpaired) electrons. The Morgan fingerprint density at radius 3 is 2.25 bits per heavy atom. The molecule has 0 bridgehead atoms. The Kier molecular flexibility index (Phi) is 9.01. The Hall–Kier alpha value is -0.860. The highest BCUT2D eigenvalue weighted by atomic mass is 127.